The third-order valence-electron chi connectivity index (χ3n) is 8.66. The summed E-state index contributed by atoms with van der Waals surface area (Å²) in [4.78, 5) is 38.2. The average molecular weight is 641 g/mol. The standard InChI is InChI=1S/C39H57ClO5/c1-2-3-4-5-6-8-11-14-23-30-39(37(40)42,38(43)45-33-35-27-20-17-21-28-35)31-24-15-12-9-7-10-13-22-29-36(41)44-32-34-25-18-16-19-26-34/h16-21,25-28H,2-15,22-24,29-33H2,1H3/t39-/m0/s1. The van der Waals surface area contributed by atoms with Crippen molar-refractivity contribution in [1.29, 1.82) is 0 Å². The number of benzene rings is 2. The Kier molecular flexibility index (Phi) is 21.0. The second-order valence-corrected chi connectivity index (χ2v) is 12.8. The topological polar surface area (TPSA) is 69.7 Å². The summed E-state index contributed by atoms with van der Waals surface area (Å²) in [5.41, 5.74) is 0.632. The SMILES string of the molecule is CCCCCCCCCCC[C@](CCCCCCCCCCC(=O)OCc1ccccc1)(C(=O)Cl)C(=O)OCc1ccccc1. The Balaban J connectivity index is 1.69. The van der Waals surface area contributed by atoms with Crippen molar-refractivity contribution in [2.24, 2.45) is 5.41 Å². The van der Waals surface area contributed by atoms with Crippen molar-refractivity contribution in [3.63, 3.8) is 0 Å². The van der Waals surface area contributed by atoms with Crippen LogP contribution in [0.3, 0.4) is 0 Å². The number of esters is 2. The molecular formula is C39H57ClO5. The molecule has 0 spiro atoms. The van der Waals surface area contributed by atoms with Crippen molar-refractivity contribution < 1.29 is 23.9 Å². The van der Waals surface area contributed by atoms with Crippen LogP contribution in [0, 0.1) is 5.41 Å². The first-order chi connectivity index (χ1) is 22.0. The highest BCUT2D eigenvalue weighted by Gasteiger charge is 2.45. The van der Waals surface area contributed by atoms with Crippen molar-refractivity contribution in [3.05, 3.63) is 71.8 Å². The summed E-state index contributed by atoms with van der Waals surface area (Å²) >= 11 is 6.20. The van der Waals surface area contributed by atoms with Crippen LogP contribution in [0.4, 0.5) is 0 Å². The Labute approximate surface area is 277 Å². The summed E-state index contributed by atoms with van der Waals surface area (Å²) in [7, 11) is 0. The summed E-state index contributed by atoms with van der Waals surface area (Å²) < 4.78 is 11.1. The van der Waals surface area contributed by atoms with Gasteiger partial charge in [-0.3, -0.25) is 14.4 Å². The molecule has 6 heteroatoms. The van der Waals surface area contributed by atoms with Gasteiger partial charge < -0.3 is 9.47 Å². The molecule has 0 heterocycles. The second kappa shape index (κ2) is 24.6. The Bertz CT molecular complexity index is 1060. The lowest BCUT2D eigenvalue weighted by Crippen LogP contribution is -2.38. The number of carbonyl (C=O) groups is 3. The van der Waals surface area contributed by atoms with Crippen LogP contribution in [0.5, 0.6) is 0 Å². The van der Waals surface area contributed by atoms with E-state index in [1.54, 1.807) is 0 Å². The monoisotopic (exact) mass is 640 g/mol. The van der Waals surface area contributed by atoms with Crippen LogP contribution in [0.2, 0.25) is 0 Å². The van der Waals surface area contributed by atoms with E-state index in [4.69, 9.17) is 21.1 Å². The molecule has 0 bridgehead atoms. The predicted octanol–water partition coefficient (Wildman–Crippen LogP) is 11.0. The van der Waals surface area contributed by atoms with Crippen LogP contribution >= 0.6 is 11.6 Å². The molecular weight excluding hydrogens is 584 g/mol. The minimum absolute atomic E-state index is 0.138. The van der Waals surface area contributed by atoms with E-state index < -0.39 is 16.6 Å². The molecule has 45 heavy (non-hydrogen) atoms. The molecule has 2 rings (SSSR count). The Morgan fingerprint density at radius 2 is 0.956 bits per heavy atom. The number of unbranched alkanes of at least 4 members (excludes halogenated alkanes) is 15. The maximum atomic E-state index is 13.4. The predicted molar refractivity (Wildman–Crippen MR) is 184 cm³/mol. The average Bonchev–Trinajstić information content (AvgIpc) is 3.06. The molecule has 0 fully saturated rings. The zero-order valence-corrected chi connectivity index (χ0v) is 28.5. The fourth-order valence-electron chi connectivity index (χ4n) is 5.77. The van der Waals surface area contributed by atoms with Gasteiger partial charge in [-0.15, -0.1) is 0 Å². The van der Waals surface area contributed by atoms with Gasteiger partial charge in [-0.1, -0.05) is 170 Å². The fraction of sp³-hybridized carbons (Fsp3) is 0.615. The Morgan fingerprint density at radius 1 is 0.556 bits per heavy atom. The lowest BCUT2D eigenvalue weighted by atomic mass is 9.78. The number of carbonyl (C=O) groups excluding carboxylic acids is 3. The third kappa shape index (κ3) is 17.0. The molecule has 250 valence electrons. The third-order valence-corrected chi connectivity index (χ3v) is 9.03. The molecule has 0 saturated heterocycles. The zero-order valence-electron chi connectivity index (χ0n) is 27.7. The Hall–Kier alpha value is -2.66. The van der Waals surface area contributed by atoms with Crippen LogP contribution in [0.25, 0.3) is 0 Å². The van der Waals surface area contributed by atoms with Gasteiger partial charge in [-0.2, -0.15) is 0 Å². The van der Waals surface area contributed by atoms with Crippen LogP contribution in [0.1, 0.15) is 146 Å². The number of rotatable bonds is 27. The maximum Gasteiger partial charge on any atom is 0.321 e. The molecule has 5 nitrogen and oxygen atoms in total. The smallest absolute Gasteiger partial charge is 0.321 e. The van der Waals surface area contributed by atoms with Crippen LogP contribution in [0.15, 0.2) is 60.7 Å². The molecule has 0 aromatic heterocycles. The van der Waals surface area contributed by atoms with Gasteiger partial charge in [0.05, 0.1) is 0 Å². The minimum Gasteiger partial charge on any atom is -0.461 e. The van der Waals surface area contributed by atoms with Crippen LogP contribution < -0.4 is 0 Å². The normalized spacial score (nSPS) is 12.4. The van der Waals surface area contributed by atoms with Gasteiger partial charge in [0.2, 0.25) is 5.24 Å². The highest BCUT2D eigenvalue weighted by Crippen LogP contribution is 2.36. The van der Waals surface area contributed by atoms with E-state index in [-0.39, 0.29) is 12.6 Å². The van der Waals surface area contributed by atoms with Gasteiger partial charge in [-0.25, -0.2) is 0 Å². The van der Waals surface area contributed by atoms with Gasteiger partial charge in [0.15, 0.2) is 0 Å². The van der Waals surface area contributed by atoms with E-state index >= 15 is 0 Å². The van der Waals surface area contributed by atoms with E-state index in [9.17, 15) is 14.4 Å². The van der Waals surface area contributed by atoms with Crippen LogP contribution in [-0.2, 0) is 37.1 Å². The lowest BCUT2D eigenvalue weighted by Gasteiger charge is -2.28. The first kappa shape index (κ1) is 38.5. The van der Waals surface area contributed by atoms with E-state index in [1.165, 1.54) is 38.5 Å². The van der Waals surface area contributed by atoms with Crippen molar-refractivity contribution in [2.45, 2.75) is 149 Å². The molecule has 0 aliphatic heterocycles. The molecule has 2 aromatic rings. The molecule has 0 radical (unpaired) electrons. The highest BCUT2D eigenvalue weighted by atomic mass is 35.5. The van der Waals surface area contributed by atoms with Gasteiger partial charge in [0.25, 0.3) is 0 Å². The molecule has 0 unspecified atom stereocenters. The molecule has 0 aliphatic rings. The quantitative estimate of drug-likeness (QED) is 0.0420. The molecule has 0 aliphatic carbocycles. The van der Waals surface area contributed by atoms with Crippen molar-refractivity contribution >= 4 is 28.8 Å². The Morgan fingerprint density at radius 3 is 1.40 bits per heavy atom. The lowest BCUT2D eigenvalue weighted by molar-refractivity contribution is -0.161. The fourth-order valence-corrected chi connectivity index (χ4v) is 6.04. The van der Waals surface area contributed by atoms with Crippen molar-refractivity contribution in [1.82, 2.24) is 0 Å². The number of hydrogen-bond acceptors (Lipinski definition) is 5. The molecule has 1 atom stereocenters. The van der Waals surface area contributed by atoms with E-state index in [1.807, 2.05) is 60.7 Å². The number of ether oxygens (including phenoxy) is 2. The zero-order chi connectivity index (χ0) is 32.4. The van der Waals surface area contributed by atoms with Crippen molar-refractivity contribution in [2.75, 3.05) is 0 Å². The summed E-state index contributed by atoms with van der Waals surface area (Å²) in [5.74, 6) is -0.617. The van der Waals surface area contributed by atoms with Crippen molar-refractivity contribution in [3.8, 4) is 0 Å². The molecule has 2 aromatic carbocycles. The molecule has 0 saturated carbocycles. The summed E-state index contributed by atoms with van der Waals surface area (Å²) in [6.07, 6.45) is 19.8. The number of hydrogen-bond donors (Lipinski definition) is 0. The minimum atomic E-state index is -1.27. The highest BCUT2D eigenvalue weighted by molar-refractivity contribution is 6.66. The van der Waals surface area contributed by atoms with Gasteiger partial charge in [0.1, 0.15) is 18.6 Å². The van der Waals surface area contributed by atoms with E-state index in [2.05, 4.69) is 6.92 Å². The summed E-state index contributed by atoms with van der Waals surface area (Å²) in [5, 5.41) is -0.581. The van der Waals surface area contributed by atoms with Crippen LogP contribution in [-0.4, -0.2) is 17.2 Å². The summed E-state index contributed by atoms with van der Waals surface area (Å²) in [6.45, 7) is 2.71. The van der Waals surface area contributed by atoms with Gasteiger partial charge in [-0.05, 0) is 42.0 Å². The largest absolute Gasteiger partial charge is 0.461 e. The van der Waals surface area contributed by atoms with E-state index in [0.29, 0.717) is 25.9 Å². The molecule has 0 N–H and O–H groups in total. The molecule has 0 amide bonds. The first-order valence-electron chi connectivity index (χ1n) is 17.6. The maximum absolute atomic E-state index is 13.4. The summed E-state index contributed by atoms with van der Waals surface area (Å²) in [6, 6.07) is 19.3. The first-order valence-corrected chi connectivity index (χ1v) is 18.0. The van der Waals surface area contributed by atoms with Gasteiger partial charge >= 0.3 is 11.9 Å². The second-order valence-electron chi connectivity index (χ2n) is 12.5. The number of halogens is 1. The van der Waals surface area contributed by atoms with Gasteiger partial charge in [0, 0.05) is 6.42 Å². The van der Waals surface area contributed by atoms with E-state index in [0.717, 1.165) is 81.8 Å².